The summed E-state index contributed by atoms with van der Waals surface area (Å²) in [4.78, 5) is 2.31. The van der Waals surface area contributed by atoms with E-state index in [4.69, 9.17) is 4.74 Å². The molecule has 0 aliphatic carbocycles. The number of hydrogen-bond acceptors (Lipinski definition) is 3. The van der Waals surface area contributed by atoms with Crippen LogP contribution in [0.25, 0.3) is 0 Å². The van der Waals surface area contributed by atoms with Crippen molar-refractivity contribution in [2.75, 3.05) is 19.7 Å². The van der Waals surface area contributed by atoms with E-state index in [1.165, 1.54) is 0 Å². The lowest BCUT2D eigenvalue weighted by atomic mass is 9.80. The van der Waals surface area contributed by atoms with Crippen LogP contribution < -0.4 is 0 Å². The zero-order valence-electron chi connectivity index (χ0n) is 21.9. The molecule has 6 rings (SSSR count). The second-order valence-electron chi connectivity index (χ2n) is 10.1. The largest absolute Gasteiger partial charge is 0.379 e. The van der Waals surface area contributed by atoms with Crippen molar-refractivity contribution in [2.24, 2.45) is 0 Å². The molecule has 0 amide bonds. The van der Waals surface area contributed by atoms with Crippen molar-refractivity contribution in [3.05, 3.63) is 179 Å². The topological polar surface area (TPSA) is 32.5 Å². The van der Waals surface area contributed by atoms with E-state index < -0.39 is 11.2 Å². The third-order valence-electron chi connectivity index (χ3n) is 7.86. The Kier molecular flexibility index (Phi) is 7.12. The van der Waals surface area contributed by atoms with Crippen LogP contribution in [0.5, 0.6) is 0 Å². The van der Waals surface area contributed by atoms with Crippen molar-refractivity contribution in [3.63, 3.8) is 0 Å². The molecule has 1 aliphatic rings. The highest BCUT2D eigenvalue weighted by molar-refractivity contribution is 5.47. The Morgan fingerprint density at radius 3 is 1.23 bits per heavy atom. The number of benzene rings is 5. The lowest BCUT2D eigenvalue weighted by Crippen LogP contribution is -2.37. The smallest absolute Gasteiger partial charge is 0.143 e. The summed E-state index contributed by atoms with van der Waals surface area (Å²) >= 11 is 0. The van der Waals surface area contributed by atoms with Gasteiger partial charge in [0.25, 0.3) is 0 Å². The highest BCUT2D eigenvalue weighted by Gasteiger charge is 2.52. The van der Waals surface area contributed by atoms with Crippen molar-refractivity contribution in [1.29, 1.82) is 0 Å². The van der Waals surface area contributed by atoms with Crippen LogP contribution in [0.1, 0.15) is 27.8 Å². The first-order chi connectivity index (χ1) is 19.2. The maximum absolute atomic E-state index is 12.2. The molecular weight excluding hydrogens is 478 g/mol. The predicted octanol–water partition coefficient (Wildman–Crippen LogP) is 6.62. The molecule has 0 spiro atoms. The van der Waals surface area contributed by atoms with Gasteiger partial charge in [0.15, 0.2) is 0 Å². The fraction of sp³-hybridized carbons (Fsp3) is 0.167. The van der Waals surface area contributed by atoms with Crippen LogP contribution in [0.2, 0.25) is 0 Å². The number of ether oxygens (including phenoxy) is 1. The fourth-order valence-electron chi connectivity index (χ4n) is 5.84. The monoisotopic (exact) mass is 511 g/mol. The standard InChI is InChI=1S/C36H33NO2/c38-35(29-16-6-1-7-17-29,30-18-8-2-9-19-30)34-28-37(34)26-27-39-36(31-20-10-3-11-21-31,32-22-12-4-13-23-32)33-24-14-5-15-25-33/h1-25,34,38H,26-28H2/t34-,37?/m0/s1. The number of rotatable bonds is 10. The van der Waals surface area contributed by atoms with Gasteiger partial charge in [0.2, 0.25) is 0 Å². The first-order valence-corrected chi connectivity index (χ1v) is 13.6. The van der Waals surface area contributed by atoms with E-state index in [-0.39, 0.29) is 6.04 Å². The average Bonchev–Trinajstić information content (AvgIpc) is 3.81. The summed E-state index contributed by atoms with van der Waals surface area (Å²) in [5.74, 6) is 0. The SMILES string of the molecule is OC(c1ccccc1)(c1ccccc1)[C@@H]1CN1CCOC(c1ccccc1)(c1ccccc1)c1ccccc1. The highest BCUT2D eigenvalue weighted by atomic mass is 16.5. The third-order valence-corrected chi connectivity index (χ3v) is 7.86. The second-order valence-corrected chi connectivity index (χ2v) is 10.1. The molecule has 0 aromatic heterocycles. The molecule has 5 aromatic rings. The van der Waals surface area contributed by atoms with E-state index >= 15 is 0 Å². The van der Waals surface area contributed by atoms with Gasteiger partial charge in [-0.05, 0) is 27.8 Å². The molecule has 3 heteroatoms. The van der Waals surface area contributed by atoms with Gasteiger partial charge in [-0.15, -0.1) is 0 Å². The molecule has 0 radical (unpaired) electrons. The predicted molar refractivity (Wildman–Crippen MR) is 156 cm³/mol. The van der Waals surface area contributed by atoms with Gasteiger partial charge in [0.05, 0.1) is 12.6 Å². The Bertz CT molecular complexity index is 1320. The highest BCUT2D eigenvalue weighted by Crippen LogP contribution is 2.43. The third kappa shape index (κ3) is 4.81. The van der Waals surface area contributed by atoms with Gasteiger partial charge in [0, 0.05) is 13.1 Å². The molecule has 1 fully saturated rings. The molecule has 2 atom stereocenters. The van der Waals surface area contributed by atoms with Crippen molar-refractivity contribution >= 4 is 0 Å². The summed E-state index contributed by atoms with van der Waals surface area (Å²) in [5.41, 5.74) is 3.27. The molecule has 0 saturated carbocycles. The molecule has 1 aliphatic heterocycles. The van der Waals surface area contributed by atoms with E-state index in [1.807, 2.05) is 78.9 Å². The van der Waals surface area contributed by atoms with E-state index in [0.29, 0.717) is 13.2 Å². The zero-order valence-corrected chi connectivity index (χ0v) is 21.9. The van der Waals surface area contributed by atoms with Crippen LogP contribution in [0, 0.1) is 0 Å². The average molecular weight is 512 g/mol. The molecule has 1 N–H and O–H groups in total. The molecule has 194 valence electrons. The lowest BCUT2D eigenvalue weighted by molar-refractivity contribution is 0.00418. The van der Waals surface area contributed by atoms with Gasteiger partial charge in [-0.1, -0.05) is 152 Å². The molecule has 1 heterocycles. The Morgan fingerprint density at radius 2 is 0.872 bits per heavy atom. The lowest BCUT2D eigenvalue weighted by Gasteiger charge is -2.36. The van der Waals surface area contributed by atoms with Gasteiger partial charge in [-0.3, -0.25) is 4.90 Å². The molecule has 1 unspecified atom stereocenters. The van der Waals surface area contributed by atoms with Gasteiger partial charge >= 0.3 is 0 Å². The van der Waals surface area contributed by atoms with E-state index in [2.05, 4.69) is 77.7 Å². The summed E-state index contributed by atoms with van der Waals surface area (Å²) in [7, 11) is 0. The van der Waals surface area contributed by atoms with Gasteiger partial charge in [-0.2, -0.15) is 0 Å². The van der Waals surface area contributed by atoms with Crippen LogP contribution in [0.15, 0.2) is 152 Å². The van der Waals surface area contributed by atoms with Crippen molar-refractivity contribution in [2.45, 2.75) is 17.2 Å². The van der Waals surface area contributed by atoms with Crippen molar-refractivity contribution < 1.29 is 9.84 Å². The van der Waals surface area contributed by atoms with Crippen molar-refractivity contribution in [1.82, 2.24) is 4.90 Å². The van der Waals surface area contributed by atoms with Crippen molar-refractivity contribution in [3.8, 4) is 0 Å². The minimum atomic E-state index is -1.09. The minimum absolute atomic E-state index is 0.0227. The maximum atomic E-state index is 12.2. The Balaban J connectivity index is 1.29. The summed E-state index contributed by atoms with van der Waals surface area (Å²) in [6.45, 7) is 2.02. The summed E-state index contributed by atoms with van der Waals surface area (Å²) in [6, 6.07) is 51.4. The molecule has 1 saturated heterocycles. The van der Waals surface area contributed by atoms with Gasteiger partial charge in [-0.25, -0.2) is 0 Å². The molecule has 5 aromatic carbocycles. The maximum Gasteiger partial charge on any atom is 0.143 e. The van der Waals surface area contributed by atoms with Crippen LogP contribution in [0.3, 0.4) is 0 Å². The Morgan fingerprint density at radius 1 is 0.538 bits per heavy atom. The first kappa shape index (κ1) is 25.3. The minimum Gasteiger partial charge on any atom is -0.379 e. The Labute approximate surface area is 231 Å². The number of aliphatic hydroxyl groups is 1. The second kappa shape index (κ2) is 11.0. The number of hydrogen-bond donors (Lipinski definition) is 1. The first-order valence-electron chi connectivity index (χ1n) is 13.6. The number of nitrogens with zero attached hydrogens (tertiary/aromatic N) is 1. The fourth-order valence-corrected chi connectivity index (χ4v) is 5.84. The van der Waals surface area contributed by atoms with Gasteiger partial charge in [0.1, 0.15) is 11.2 Å². The van der Waals surface area contributed by atoms with Gasteiger partial charge < -0.3 is 9.84 Å². The van der Waals surface area contributed by atoms with E-state index in [1.54, 1.807) is 0 Å². The molecule has 0 bridgehead atoms. The molecule has 39 heavy (non-hydrogen) atoms. The van der Waals surface area contributed by atoms with Crippen LogP contribution in [-0.4, -0.2) is 35.7 Å². The summed E-state index contributed by atoms with van der Waals surface area (Å²) in [5, 5.41) is 12.2. The molecule has 3 nitrogen and oxygen atoms in total. The molecular formula is C36H33NO2. The van der Waals surface area contributed by atoms with Crippen LogP contribution in [-0.2, 0) is 15.9 Å². The normalized spacial score (nSPS) is 17.1. The van der Waals surface area contributed by atoms with E-state index in [9.17, 15) is 5.11 Å². The van der Waals surface area contributed by atoms with E-state index in [0.717, 1.165) is 34.4 Å². The summed E-state index contributed by atoms with van der Waals surface area (Å²) in [6.07, 6.45) is 0. The van der Waals surface area contributed by atoms with Crippen LogP contribution >= 0.6 is 0 Å². The zero-order chi connectivity index (χ0) is 26.5. The van der Waals surface area contributed by atoms with Crippen LogP contribution in [0.4, 0.5) is 0 Å². The quantitative estimate of drug-likeness (QED) is 0.169. The summed E-state index contributed by atoms with van der Waals surface area (Å²) < 4.78 is 6.99. The Hall–Kier alpha value is -4.02.